The van der Waals surface area contributed by atoms with E-state index in [1.54, 1.807) is 0 Å². The summed E-state index contributed by atoms with van der Waals surface area (Å²) in [5, 5.41) is 0.682. The molecular formula is C23H16ClNO. The zero-order valence-electron chi connectivity index (χ0n) is 14.0. The summed E-state index contributed by atoms with van der Waals surface area (Å²) in [6, 6.07) is 27.1. The highest BCUT2D eigenvalue weighted by molar-refractivity contribution is 6.30. The predicted molar refractivity (Wildman–Crippen MR) is 108 cm³/mol. The second-order valence-electron chi connectivity index (χ2n) is 6.03. The molecular weight excluding hydrogens is 342 g/mol. The van der Waals surface area contributed by atoms with Crippen LogP contribution in [0.2, 0.25) is 5.02 Å². The van der Waals surface area contributed by atoms with Crippen LogP contribution in [0.1, 0.15) is 0 Å². The first kappa shape index (κ1) is 16.4. The molecule has 0 spiro atoms. The summed E-state index contributed by atoms with van der Waals surface area (Å²) in [5.41, 5.74) is 4.11. The molecule has 0 saturated carbocycles. The Kier molecular flexibility index (Phi) is 4.42. The topological polar surface area (TPSA) is 22.0 Å². The molecule has 0 radical (unpaired) electrons. The highest BCUT2D eigenvalue weighted by Gasteiger charge is 2.12. The number of pyridine rings is 1. The van der Waals surface area contributed by atoms with Crippen molar-refractivity contribution < 1.29 is 0 Å². The SMILES string of the molecule is O=c1c(-c2ccccc2)cn(-c2ccc(Cl)cc2)cc1-c1ccccc1. The van der Waals surface area contributed by atoms with E-state index in [4.69, 9.17) is 11.6 Å². The second kappa shape index (κ2) is 7.03. The molecule has 26 heavy (non-hydrogen) atoms. The zero-order chi connectivity index (χ0) is 17.9. The van der Waals surface area contributed by atoms with Crippen LogP contribution in [0.15, 0.2) is 102 Å². The molecule has 0 aliphatic heterocycles. The molecule has 0 saturated heterocycles. The lowest BCUT2D eigenvalue weighted by Crippen LogP contribution is -2.12. The van der Waals surface area contributed by atoms with Crippen LogP contribution in [0.3, 0.4) is 0 Å². The van der Waals surface area contributed by atoms with E-state index in [-0.39, 0.29) is 5.43 Å². The first-order valence-corrected chi connectivity index (χ1v) is 8.73. The molecule has 4 aromatic rings. The van der Waals surface area contributed by atoms with Crippen LogP contribution in [0.4, 0.5) is 0 Å². The van der Waals surface area contributed by atoms with Crippen molar-refractivity contribution in [2.24, 2.45) is 0 Å². The van der Waals surface area contributed by atoms with Crippen molar-refractivity contribution in [2.45, 2.75) is 0 Å². The van der Waals surface area contributed by atoms with E-state index >= 15 is 0 Å². The summed E-state index contributed by atoms with van der Waals surface area (Å²) in [6.45, 7) is 0. The number of benzene rings is 3. The zero-order valence-corrected chi connectivity index (χ0v) is 14.7. The molecule has 2 nitrogen and oxygen atoms in total. The fourth-order valence-corrected chi connectivity index (χ4v) is 3.11. The minimum Gasteiger partial charge on any atom is -0.322 e. The van der Waals surface area contributed by atoms with Gasteiger partial charge >= 0.3 is 0 Å². The quantitative estimate of drug-likeness (QED) is 0.452. The van der Waals surface area contributed by atoms with Gasteiger partial charge in [0.25, 0.3) is 0 Å². The lowest BCUT2D eigenvalue weighted by atomic mass is 10.0. The third kappa shape index (κ3) is 3.19. The normalized spacial score (nSPS) is 10.7. The third-order valence-corrected chi connectivity index (χ3v) is 4.57. The molecule has 1 heterocycles. The Morgan fingerprint density at radius 1 is 0.615 bits per heavy atom. The van der Waals surface area contributed by atoms with Crippen LogP contribution in [-0.4, -0.2) is 4.57 Å². The van der Waals surface area contributed by atoms with Crippen LogP contribution >= 0.6 is 11.6 Å². The van der Waals surface area contributed by atoms with Crippen LogP contribution in [0.5, 0.6) is 0 Å². The number of nitrogens with zero attached hydrogens (tertiary/aromatic N) is 1. The van der Waals surface area contributed by atoms with Gasteiger partial charge < -0.3 is 4.57 Å². The van der Waals surface area contributed by atoms with Crippen molar-refractivity contribution in [2.75, 3.05) is 0 Å². The molecule has 0 aliphatic carbocycles. The molecule has 1 aromatic heterocycles. The fraction of sp³-hybridized carbons (Fsp3) is 0. The van der Waals surface area contributed by atoms with Crippen molar-refractivity contribution in [1.82, 2.24) is 4.57 Å². The van der Waals surface area contributed by atoms with Gasteiger partial charge in [-0.1, -0.05) is 72.3 Å². The average molecular weight is 358 g/mol. The molecule has 3 aromatic carbocycles. The van der Waals surface area contributed by atoms with Gasteiger partial charge in [-0.25, -0.2) is 0 Å². The first-order valence-electron chi connectivity index (χ1n) is 8.35. The summed E-state index contributed by atoms with van der Waals surface area (Å²) in [6.07, 6.45) is 3.76. The molecule has 4 rings (SSSR count). The smallest absolute Gasteiger partial charge is 0.197 e. The van der Waals surface area contributed by atoms with Gasteiger partial charge in [-0.05, 0) is 35.4 Å². The number of rotatable bonds is 3. The van der Waals surface area contributed by atoms with Crippen LogP contribution in [-0.2, 0) is 0 Å². The summed E-state index contributed by atoms with van der Waals surface area (Å²) in [7, 11) is 0. The molecule has 0 aliphatic rings. The monoisotopic (exact) mass is 357 g/mol. The highest BCUT2D eigenvalue weighted by atomic mass is 35.5. The third-order valence-electron chi connectivity index (χ3n) is 4.32. The van der Waals surface area contributed by atoms with Crippen molar-refractivity contribution >= 4 is 11.6 Å². The highest BCUT2D eigenvalue weighted by Crippen LogP contribution is 2.23. The molecule has 0 unspecified atom stereocenters. The van der Waals surface area contributed by atoms with Gasteiger partial charge in [-0.15, -0.1) is 0 Å². The van der Waals surface area contributed by atoms with Gasteiger partial charge in [-0.3, -0.25) is 4.79 Å². The Morgan fingerprint density at radius 2 is 1.08 bits per heavy atom. The summed E-state index contributed by atoms with van der Waals surface area (Å²) >= 11 is 6.02. The van der Waals surface area contributed by atoms with Crippen molar-refractivity contribution in [3.05, 3.63) is 113 Å². The predicted octanol–water partition coefficient (Wildman–Crippen LogP) is 5.82. The van der Waals surface area contributed by atoms with Crippen molar-refractivity contribution in [3.63, 3.8) is 0 Å². The maximum atomic E-state index is 13.2. The molecule has 0 fully saturated rings. The summed E-state index contributed by atoms with van der Waals surface area (Å²) < 4.78 is 1.97. The lowest BCUT2D eigenvalue weighted by molar-refractivity contribution is 1.04. The molecule has 3 heteroatoms. The van der Waals surface area contributed by atoms with Crippen molar-refractivity contribution in [1.29, 1.82) is 0 Å². The van der Waals surface area contributed by atoms with E-state index in [0.717, 1.165) is 16.8 Å². The van der Waals surface area contributed by atoms with Crippen molar-refractivity contribution in [3.8, 4) is 27.9 Å². The van der Waals surface area contributed by atoms with Crippen LogP contribution in [0, 0.1) is 0 Å². The molecule has 0 amide bonds. The van der Waals surface area contributed by atoms with E-state index in [9.17, 15) is 4.79 Å². The molecule has 126 valence electrons. The number of aromatic nitrogens is 1. The Bertz CT molecular complexity index is 1020. The maximum Gasteiger partial charge on any atom is 0.197 e. The Morgan fingerprint density at radius 3 is 1.54 bits per heavy atom. The van der Waals surface area contributed by atoms with E-state index in [1.807, 2.05) is 102 Å². The van der Waals surface area contributed by atoms with E-state index in [2.05, 4.69) is 0 Å². The molecule has 0 atom stereocenters. The Balaban J connectivity index is 1.98. The minimum atomic E-state index is 0.0209. The van der Waals surface area contributed by atoms with Gasteiger partial charge in [0, 0.05) is 34.2 Å². The van der Waals surface area contributed by atoms with E-state index < -0.39 is 0 Å². The number of hydrogen-bond acceptors (Lipinski definition) is 1. The fourth-order valence-electron chi connectivity index (χ4n) is 2.99. The summed E-state index contributed by atoms with van der Waals surface area (Å²) in [5.74, 6) is 0. The Labute approximate surface area is 156 Å². The molecule has 0 bridgehead atoms. The standard InChI is InChI=1S/C23H16ClNO/c24-19-11-13-20(14-12-19)25-15-21(17-7-3-1-4-8-17)23(26)22(16-25)18-9-5-2-6-10-18/h1-16H. The first-order chi connectivity index (χ1) is 12.7. The number of hydrogen-bond donors (Lipinski definition) is 0. The minimum absolute atomic E-state index is 0.0209. The van der Waals surface area contributed by atoms with Gasteiger partial charge in [0.05, 0.1) is 0 Å². The lowest BCUT2D eigenvalue weighted by Gasteiger charge is -2.13. The second-order valence-corrected chi connectivity index (χ2v) is 6.47. The largest absolute Gasteiger partial charge is 0.322 e. The van der Waals surface area contributed by atoms with E-state index in [1.165, 1.54) is 0 Å². The van der Waals surface area contributed by atoms with Crippen LogP contribution in [0.25, 0.3) is 27.9 Å². The van der Waals surface area contributed by atoms with Gasteiger partial charge in [-0.2, -0.15) is 0 Å². The van der Waals surface area contributed by atoms with Gasteiger partial charge in [0.1, 0.15) is 0 Å². The summed E-state index contributed by atoms with van der Waals surface area (Å²) in [4.78, 5) is 13.2. The average Bonchev–Trinajstić information content (AvgIpc) is 2.70. The number of halogens is 1. The van der Waals surface area contributed by atoms with Crippen LogP contribution < -0.4 is 5.43 Å². The van der Waals surface area contributed by atoms with Gasteiger partial charge in [0.15, 0.2) is 5.43 Å². The maximum absolute atomic E-state index is 13.2. The molecule has 0 N–H and O–H groups in total. The van der Waals surface area contributed by atoms with Gasteiger partial charge in [0.2, 0.25) is 0 Å². The Hall–Kier alpha value is -3.10. The van der Waals surface area contributed by atoms with E-state index in [0.29, 0.717) is 16.1 Å².